The number of imide groups is 1. The SMILES string of the molecule is O=C1[C@@H]2[C@@H](C(=O)N1c1ccc([N+](=O)[O-])cc1Br)[C@@]1(CO)C=C[C@H]2O1. The summed E-state index contributed by atoms with van der Waals surface area (Å²) in [6.07, 6.45) is 2.79. The summed E-state index contributed by atoms with van der Waals surface area (Å²) in [4.78, 5) is 36.9. The summed E-state index contributed by atoms with van der Waals surface area (Å²) in [6.45, 7) is -0.393. The first-order valence-electron chi connectivity index (χ1n) is 7.19. The minimum atomic E-state index is -1.16. The highest BCUT2D eigenvalue weighted by molar-refractivity contribution is 9.10. The predicted octanol–water partition coefficient (Wildman–Crippen LogP) is 1.16. The Balaban J connectivity index is 1.76. The molecule has 3 heterocycles. The maximum atomic E-state index is 12.8. The molecule has 2 bridgehead atoms. The van der Waals surface area contributed by atoms with E-state index in [1.807, 2.05) is 0 Å². The first-order chi connectivity index (χ1) is 11.4. The second-order valence-electron chi connectivity index (χ2n) is 5.96. The largest absolute Gasteiger partial charge is 0.393 e. The van der Waals surface area contributed by atoms with Gasteiger partial charge in [-0.25, -0.2) is 4.90 Å². The lowest BCUT2D eigenvalue weighted by molar-refractivity contribution is -0.384. The Hall–Kier alpha value is -2.10. The van der Waals surface area contributed by atoms with Crippen LogP contribution in [0.3, 0.4) is 0 Å². The van der Waals surface area contributed by atoms with E-state index < -0.39 is 46.9 Å². The molecule has 9 heteroatoms. The molecular formula is C15H11BrN2O6. The minimum Gasteiger partial charge on any atom is -0.393 e. The highest BCUT2D eigenvalue weighted by Gasteiger charge is 2.67. The van der Waals surface area contributed by atoms with E-state index in [0.29, 0.717) is 0 Å². The van der Waals surface area contributed by atoms with Crippen molar-refractivity contribution < 1.29 is 24.4 Å². The van der Waals surface area contributed by atoms with Crippen LogP contribution >= 0.6 is 15.9 Å². The lowest BCUT2D eigenvalue weighted by atomic mass is 9.77. The van der Waals surface area contributed by atoms with Gasteiger partial charge in [0, 0.05) is 16.6 Å². The number of amides is 2. The van der Waals surface area contributed by atoms with Crippen LogP contribution in [0.2, 0.25) is 0 Å². The van der Waals surface area contributed by atoms with Crippen LogP contribution in [-0.4, -0.2) is 40.2 Å². The molecule has 3 aliphatic heterocycles. The number of benzene rings is 1. The van der Waals surface area contributed by atoms with Gasteiger partial charge in [0.05, 0.1) is 35.2 Å². The summed E-state index contributed by atoms with van der Waals surface area (Å²) in [7, 11) is 0. The second-order valence-corrected chi connectivity index (χ2v) is 6.82. The van der Waals surface area contributed by atoms with Crippen molar-refractivity contribution in [3.8, 4) is 0 Å². The first kappa shape index (κ1) is 15.4. The molecule has 0 spiro atoms. The molecule has 8 nitrogen and oxygen atoms in total. The third kappa shape index (κ3) is 1.80. The zero-order valence-electron chi connectivity index (χ0n) is 12.1. The molecule has 2 fully saturated rings. The van der Waals surface area contributed by atoms with Crippen LogP contribution in [-0.2, 0) is 14.3 Å². The number of carbonyl (C=O) groups is 2. The molecular weight excluding hydrogens is 384 g/mol. The molecule has 0 radical (unpaired) electrons. The number of nitro benzene ring substituents is 1. The van der Waals surface area contributed by atoms with Crippen LogP contribution in [0.25, 0.3) is 0 Å². The molecule has 24 heavy (non-hydrogen) atoms. The van der Waals surface area contributed by atoms with E-state index >= 15 is 0 Å². The molecule has 2 saturated heterocycles. The van der Waals surface area contributed by atoms with Crippen LogP contribution in [0.5, 0.6) is 0 Å². The van der Waals surface area contributed by atoms with E-state index in [9.17, 15) is 24.8 Å². The van der Waals surface area contributed by atoms with Crippen molar-refractivity contribution in [1.29, 1.82) is 0 Å². The Labute approximate surface area is 144 Å². The van der Waals surface area contributed by atoms with E-state index in [1.165, 1.54) is 18.2 Å². The number of nitro groups is 1. The number of carbonyl (C=O) groups excluding carboxylic acids is 2. The van der Waals surface area contributed by atoms with Gasteiger partial charge >= 0.3 is 0 Å². The Bertz CT molecular complexity index is 824. The molecule has 1 aromatic rings. The number of halogens is 1. The highest BCUT2D eigenvalue weighted by atomic mass is 79.9. The van der Waals surface area contributed by atoms with Crippen LogP contribution in [0.4, 0.5) is 11.4 Å². The highest BCUT2D eigenvalue weighted by Crippen LogP contribution is 2.52. The van der Waals surface area contributed by atoms with Crippen LogP contribution in [0.1, 0.15) is 0 Å². The van der Waals surface area contributed by atoms with E-state index in [2.05, 4.69) is 15.9 Å². The average Bonchev–Trinajstić information content (AvgIpc) is 3.19. The molecule has 4 rings (SSSR count). The minimum absolute atomic E-state index is 0.151. The van der Waals surface area contributed by atoms with Crippen LogP contribution < -0.4 is 4.90 Å². The van der Waals surface area contributed by atoms with Gasteiger partial charge in [-0.3, -0.25) is 19.7 Å². The molecule has 3 aliphatic rings. The number of aliphatic hydroxyl groups is 1. The van der Waals surface area contributed by atoms with Gasteiger partial charge in [0.2, 0.25) is 11.8 Å². The number of hydrogen-bond acceptors (Lipinski definition) is 6. The van der Waals surface area contributed by atoms with E-state index in [4.69, 9.17) is 4.74 Å². The fourth-order valence-electron chi connectivity index (χ4n) is 3.71. The summed E-state index contributed by atoms with van der Waals surface area (Å²) >= 11 is 3.19. The van der Waals surface area contributed by atoms with Crippen molar-refractivity contribution in [3.05, 3.63) is 44.9 Å². The van der Waals surface area contributed by atoms with Crippen molar-refractivity contribution >= 4 is 39.1 Å². The maximum absolute atomic E-state index is 12.8. The maximum Gasteiger partial charge on any atom is 0.270 e. The third-order valence-electron chi connectivity index (χ3n) is 4.79. The van der Waals surface area contributed by atoms with Crippen LogP contribution in [0.15, 0.2) is 34.8 Å². The molecule has 1 N–H and O–H groups in total. The molecule has 0 aromatic heterocycles. The Morgan fingerprint density at radius 2 is 2.12 bits per heavy atom. The van der Waals surface area contributed by atoms with Gasteiger partial charge in [0.25, 0.3) is 5.69 Å². The van der Waals surface area contributed by atoms with Crippen molar-refractivity contribution in [1.82, 2.24) is 0 Å². The zero-order valence-corrected chi connectivity index (χ0v) is 13.7. The number of nitrogens with zero attached hydrogens (tertiary/aromatic N) is 2. The fraction of sp³-hybridized carbons (Fsp3) is 0.333. The predicted molar refractivity (Wildman–Crippen MR) is 84.1 cm³/mol. The summed E-state index contributed by atoms with van der Waals surface area (Å²) in [5.41, 5.74) is -1.07. The van der Waals surface area contributed by atoms with Gasteiger partial charge in [-0.2, -0.15) is 0 Å². The molecule has 124 valence electrons. The Kier molecular flexibility index (Phi) is 3.18. The lowest BCUT2D eigenvalue weighted by Crippen LogP contribution is -2.43. The number of non-ortho nitro benzene ring substituents is 1. The normalized spacial score (nSPS) is 33.4. The average molecular weight is 395 g/mol. The number of fused-ring (bicyclic) bond motifs is 5. The summed E-state index contributed by atoms with van der Waals surface area (Å²) in [5, 5.41) is 20.5. The second kappa shape index (κ2) is 4.95. The van der Waals surface area contributed by atoms with Gasteiger partial charge in [0.15, 0.2) is 0 Å². The summed E-state index contributed by atoms with van der Waals surface area (Å²) < 4.78 is 5.93. The van der Waals surface area contributed by atoms with Crippen molar-refractivity contribution in [2.24, 2.45) is 11.8 Å². The Morgan fingerprint density at radius 3 is 2.75 bits per heavy atom. The van der Waals surface area contributed by atoms with E-state index in [1.54, 1.807) is 12.2 Å². The lowest BCUT2D eigenvalue weighted by Gasteiger charge is -2.26. The summed E-state index contributed by atoms with van der Waals surface area (Å²) in [6, 6.07) is 3.84. The molecule has 1 aromatic carbocycles. The smallest absolute Gasteiger partial charge is 0.270 e. The quantitative estimate of drug-likeness (QED) is 0.356. The number of hydrogen-bond donors (Lipinski definition) is 1. The Morgan fingerprint density at radius 1 is 1.38 bits per heavy atom. The van der Waals surface area contributed by atoms with Crippen molar-refractivity contribution in [2.45, 2.75) is 11.7 Å². The number of anilines is 1. The third-order valence-corrected chi connectivity index (χ3v) is 5.42. The van der Waals surface area contributed by atoms with Gasteiger partial charge < -0.3 is 9.84 Å². The standard InChI is InChI=1S/C15H11BrN2O6/c16-8-5-7(18(22)23)1-2-9(8)17-13(20)11-10-3-4-15(6-19,24-10)12(11)14(17)21/h1-5,10-12,19H,6H2/t10-,11+,12+,15+/m1/s1. The molecule has 0 saturated carbocycles. The van der Waals surface area contributed by atoms with E-state index in [0.717, 1.165) is 4.90 Å². The fourth-order valence-corrected chi connectivity index (χ4v) is 4.26. The van der Waals surface area contributed by atoms with Crippen molar-refractivity contribution in [2.75, 3.05) is 11.5 Å². The summed E-state index contributed by atoms with van der Waals surface area (Å²) in [5.74, 6) is -2.37. The van der Waals surface area contributed by atoms with Gasteiger partial charge in [-0.05, 0) is 22.0 Å². The van der Waals surface area contributed by atoms with Gasteiger partial charge in [-0.15, -0.1) is 0 Å². The molecule has 4 atom stereocenters. The molecule has 0 aliphatic carbocycles. The first-order valence-corrected chi connectivity index (χ1v) is 7.99. The molecule has 2 amide bonds. The van der Waals surface area contributed by atoms with Gasteiger partial charge in [0.1, 0.15) is 5.60 Å². The number of rotatable bonds is 3. The topological polar surface area (TPSA) is 110 Å². The van der Waals surface area contributed by atoms with Crippen LogP contribution in [0, 0.1) is 22.0 Å². The number of ether oxygens (including phenoxy) is 1. The zero-order chi connectivity index (χ0) is 17.2. The number of aliphatic hydroxyl groups excluding tert-OH is 1. The molecule has 0 unspecified atom stereocenters. The van der Waals surface area contributed by atoms with Crippen molar-refractivity contribution in [3.63, 3.8) is 0 Å². The van der Waals surface area contributed by atoms with E-state index in [-0.39, 0.29) is 15.8 Å². The van der Waals surface area contributed by atoms with Gasteiger partial charge in [-0.1, -0.05) is 12.2 Å². The monoisotopic (exact) mass is 394 g/mol.